The predicted octanol–water partition coefficient (Wildman–Crippen LogP) is 15.3. The maximum atomic E-state index is 14.2. The summed E-state index contributed by atoms with van der Waals surface area (Å²) < 4.78 is 354. The fourth-order valence-corrected chi connectivity index (χ4v) is 9.19. The van der Waals surface area contributed by atoms with Crippen molar-refractivity contribution >= 4 is 53.9 Å². The molecule has 1 nitrogen and oxygen atoms in total. The van der Waals surface area contributed by atoms with Crippen LogP contribution in [0.15, 0.2) is 132 Å². The maximum absolute atomic E-state index is 14.2. The summed E-state index contributed by atoms with van der Waals surface area (Å²) in [6.45, 7) is 0. The first-order valence-corrected chi connectivity index (χ1v) is 23.4. The quantitative estimate of drug-likeness (QED) is 0.0703. The molecule has 6 aromatic carbocycles. The summed E-state index contributed by atoms with van der Waals surface area (Å²) in [6, 6.07) is 8.67. The Balaban J connectivity index is 0.000000468. The van der Waals surface area contributed by atoms with Crippen LogP contribution in [-0.2, 0) is 69.3 Å². The Hall–Kier alpha value is -6.11. The van der Waals surface area contributed by atoms with Crippen molar-refractivity contribution in [2.24, 2.45) is 0 Å². The molecule has 0 saturated heterocycles. The first-order chi connectivity index (χ1) is 34.3. The highest BCUT2D eigenvalue weighted by Gasteiger charge is 2.47. The van der Waals surface area contributed by atoms with Gasteiger partial charge in [-0.05, 0) is 54.5 Å². The molecule has 6 aromatic rings. The van der Waals surface area contributed by atoms with E-state index < -0.39 is 205 Å². The van der Waals surface area contributed by atoms with Crippen LogP contribution in [-0.4, -0.2) is 12.4 Å². The van der Waals surface area contributed by atoms with Crippen molar-refractivity contribution in [2.75, 3.05) is 6.26 Å². The van der Waals surface area contributed by atoms with Gasteiger partial charge in [0, 0.05) is 15.6 Å². The Kier molecular flexibility index (Phi) is 16.8. The molecule has 1 unspecified atom stereocenters. The van der Waals surface area contributed by atoms with Crippen molar-refractivity contribution in [1.82, 2.24) is 0 Å². The van der Waals surface area contributed by atoms with Gasteiger partial charge in [-0.2, -0.15) is 127 Å². The van der Waals surface area contributed by atoms with Gasteiger partial charge in [0.1, 0.15) is 18.2 Å². The van der Waals surface area contributed by atoms with Crippen molar-refractivity contribution < 1.29 is 110 Å². The molecule has 0 heterocycles. The normalized spacial score (nSPS) is 14.0. The van der Waals surface area contributed by atoms with Gasteiger partial charge in [-0.1, -0.05) is 99.0 Å². The van der Waals surface area contributed by atoms with Crippen LogP contribution in [0.4, 0.5) is 105 Å². The van der Waals surface area contributed by atoms with Gasteiger partial charge < -0.3 is 0 Å². The van der Waals surface area contributed by atoms with Crippen LogP contribution in [0.2, 0.25) is 0 Å². The Morgan fingerprint density at radius 2 is 0.618 bits per heavy atom. The Labute approximate surface area is 422 Å². The lowest BCUT2D eigenvalue weighted by atomic mass is 9.12. The van der Waals surface area contributed by atoms with Crippen molar-refractivity contribution in [3.63, 3.8) is 0 Å². The molecule has 6 rings (SSSR count). The van der Waals surface area contributed by atoms with Crippen LogP contribution < -0.4 is 21.9 Å². The molecule has 1 atom stereocenters. The topological polar surface area (TPSA) is 17.1 Å². The molecule has 0 amide bonds. The average Bonchev–Trinajstić information content (AvgIpc) is 3.27. The van der Waals surface area contributed by atoms with Gasteiger partial charge in [0.05, 0.1) is 44.5 Å². The minimum absolute atomic E-state index is 0.486. The van der Waals surface area contributed by atoms with Crippen LogP contribution in [0.1, 0.15) is 55.6 Å². The molecule has 0 aliphatic rings. The summed E-state index contributed by atoms with van der Waals surface area (Å²) >= 11 is 3.39. The highest BCUT2D eigenvalue weighted by atomic mass is 79.9. The molecule has 0 aliphatic heterocycles. The lowest BCUT2D eigenvalue weighted by Gasteiger charge is -2.46. The molecule has 0 aliphatic carbocycles. The predicted molar refractivity (Wildman–Crippen MR) is 235 cm³/mol. The zero-order chi connectivity index (χ0) is 57.6. The van der Waals surface area contributed by atoms with E-state index in [9.17, 15) is 110 Å². The molecule has 28 heteroatoms. The van der Waals surface area contributed by atoms with Gasteiger partial charge in [0.25, 0.3) is 0 Å². The molecule has 0 N–H and O–H groups in total. The third-order valence-electron chi connectivity index (χ3n) is 11.0. The minimum Gasteiger partial charge on any atom is -0.194 e. The summed E-state index contributed by atoms with van der Waals surface area (Å²) in [4.78, 5) is 0. The lowest BCUT2D eigenvalue weighted by Crippen LogP contribution is -2.75. The Morgan fingerprint density at radius 3 is 0.842 bits per heavy atom. The van der Waals surface area contributed by atoms with Gasteiger partial charge in [-0.15, -0.1) is 0 Å². The van der Waals surface area contributed by atoms with E-state index >= 15 is 0 Å². The van der Waals surface area contributed by atoms with E-state index in [0.717, 1.165) is 15.6 Å². The number of hydrogen-bond donors (Lipinski definition) is 0. The van der Waals surface area contributed by atoms with Gasteiger partial charge in [-0.25, -0.2) is 0 Å². The first-order valence-electron chi connectivity index (χ1n) is 20.5. The van der Waals surface area contributed by atoms with Crippen molar-refractivity contribution in [2.45, 2.75) is 55.2 Å². The molecular weight excluding hydrogens is 1170 g/mol. The molecular formula is C48H26BBrF24OS. The van der Waals surface area contributed by atoms with Crippen molar-refractivity contribution in [1.29, 1.82) is 0 Å². The van der Waals surface area contributed by atoms with Crippen molar-refractivity contribution in [3.8, 4) is 11.2 Å². The molecule has 0 aromatic heterocycles. The number of alkyl halides is 24. The number of benzene rings is 6. The highest BCUT2D eigenvalue weighted by molar-refractivity contribution is 9.10. The van der Waals surface area contributed by atoms with E-state index in [0.29, 0.717) is 5.75 Å². The van der Waals surface area contributed by atoms with E-state index in [2.05, 4.69) is 27.1 Å². The highest BCUT2D eigenvalue weighted by Crippen LogP contribution is 2.41. The van der Waals surface area contributed by atoms with E-state index in [1.54, 1.807) is 6.26 Å². The number of hydrogen-bond acceptors (Lipinski definition) is 1. The summed E-state index contributed by atoms with van der Waals surface area (Å²) in [7, 11) is -2.17. The molecule has 0 spiro atoms. The molecule has 0 bridgehead atoms. The van der Waals surface area contributed by atoms with E-state index in [-0.39, 0.29) is 0 Å². The van der Waals surface area contributed by atoms with Crippen LogP contribution in [0.25, 0.3) is 0 Å². The summed E-state index contributed by atoms with van der Waals surface area (Å²) in [6.07, 6.45) is -53.1. The molecule has 76 heavy (non-hydrogen) atoms. The minimum atomic E-state index is -6.13. The third kappa shape index (κ3) is 14.9. The van der Waals surface area contributed by atoms with Gasteiger partial charge in [0.15, 0.2) is 15.2 Å². The first kappa shape index (κ1) is 60.8. The molecule has 0 saturated carbocycles. The molecule has 408 valence electrons. The van der Waals surface area contributed by atoms with Crippen LogP contribution in [0.3, 0.4) is 0 Å². The number of halogens is 25. The van der Waals surface area contributed by atoms with Gasteiger partial charge in [0.2, 0.25) is 0 Å². The van der Waals surface area contributed by atoms with Crippen LogP contribution in [0.5, 0.6) is 0 Å². The average molecular weight is 1200 g/mol. The Bertz CT molecular complexity index is 2730. The zero-order valence-electron chi connectivity index (χ0n) is 37.2. The summed E-state index contributed by atoms with van der Waals surface area (Å²) in [5.41, 5.74) is -28.3. The smallest absolute Gasteiger partial charge is 0.194 e. The second-order valence-electron chi connectivity index (χ2n) is 16.6. The second kappa shape index (κ2) is 21.0. The SMILES string of the molecule is C[S+](=O)(C#Cc1ccccc1)Cc1ccc(Br)cc1.FC(F)(F)c1cc([B-](c2cc(C(F)(F)F)cc(C(F)(F)F)c2)(c2cc(C(F)(F)F)cc(C(F)(F)F)c2)c2cc(C(F)(F)F)cc(C(F)(F)F)c2)cc(C(F)(F)F)c1. The van der Waals surface area contributed by atoms with E-state index in [1.807, 2.05) is 54.6 Å². The van der Waals surface area contributed by atoms with Crippen LogP contribution in [0, 0.1) is 11.2 Å². The molecule has 0 radical (unpaired) electrons. The lowest BCUT2D eigenvalue weighted by molar-refractivity contribution is -0.144. The van der Waals surface area contributed by atoms with E-state index in [4.69, 9.17) is 0 Å². The van der Waals surface area contributed by atoms with Gasteiger partial charge in [-0.3, -0.25) is 0 Å². The fourth-order valence-electron chi connectivity index (χ4n) is 7.69. The number of rotatable bonds is 6. The molecule has 0 fully saturated rings. The third-order valence-corrected chi connectivity index (χ3v) is 12.9. The second-order valence-corrected chi connectivity index (χ2v) is 20.0. The largest absolute Gasteiger partial charge is 0.416 e. The van der Waals surface area contributed by atoms with Gasteiger partial charge >= 0.3 is 49.4 Å². The zero-order valence-corrected chi connectivity index (χ0v) is 39.6. The fraction of sp³-hybridized carbons (Fsp3) is 0.208. The monoisotopic (exact) mass is 1200 g/mol. The van der Waals surface area contributed by atoms with E-state index in [1.165, 1.54) is 0 Å². The standard InChI is InChI=1S/C32H12BF24.C16H14BrOS/c34-25(35,36)13-1-14(26(37,38)39)6-21(5-13)33(22-7-15(27(40,41)42)2-16(8-22)28(43,44)45,23-9-17(29(46,47)48)3-18(10-23)30(49,50)51)24-11-19(31(52,53)54)4-20(12-24)32(55,56)57;1-19(18,12-11-14-5-3-2-4-6-14)13-15-7-9-16(17)10-8-15/h1-12H;2-10H,13H2,1H3/q-1;+1. The van der Waals surface area contributed by atoms with Crippen LogP contribution >= 0.6 is 15.9 Å². The maximum Gasteiger partial charge on any atom is 0.416 e. The summed E-state index contributed by atoms with van der Waals surface area (Å²) in [5, 5.41) is 2.90. The van der Waals surface area contributed by atoms with Crippen molar-refractivity contribution in [3.05, 3.63) is 188 Å². The Morgan fingerprint density at radius 1 is 0.382 bits per heavy atom. The summed E-state index contributed by atoms with van der Waals surface area (Å²) in [5.74, 6) is 3.47.